The Bertz CT molecular complexity index is 1290. The summed E-state index contributed by atoms with van der Waals surface area (Å²) in [5.41, 5.74) is 5.00. The van der Waals surface area contributed by atoms with Crippen LogP contribution in [0.3, 0.4) is 0 Å². The lowest BCUT2D eigenvalue weighted by Gasteiger charge is -2.23. The van der Waals surface area contributed by atoms with Crippen molar-refractivity contribution in [1.82, 2.24) is 5.32 Å². The molecule has 192 valence electrons. The van der Waals surface area contributed by atoms with Crippen LogP contribution in [0.15, 0.2) is 66.7 Å². The highest BCUT2D eigenvalue weighted by Crippen LogP contribution is 2.30. The lowest BCUT2D eigenvalue weighted by Crippen LogP contribution is -2.30. The summed E-state index contributed by atoms with van der Waals surface area (Å²) < 4.78 is 32.3. The monoisotopic (exact) mass is 508 g/mol. The Morgan fingerprint density at radius 2 is 1.56 bits per heavy atom. The Labute approximate surface area is 215 Å². The second-order valence-electron chi connectivity index (χ2n) is 10.2. The SMILES string of the molecule is Cc1cc(C)cc(N(Cc2ccc(C(=O)NCCOc3ccccc3C(C)(C)C)cc2)S(C)(=O)=O)c1. The Morgan fingerprint density at radius 1 is 0.944 bits per heavy atom. The number of benzene rings is 3. The summed E-state index contributed by atoms with van der Waals surface area (Å²) in [6, 6.07) is 20.6. The van der Waals surface area contributed by atoms with Gasteiger partial charge in [-0.05, 0) is 71.8 Å². The molecule has 0 aromatic heterocycles. The molecule has 0 aliphatic rings. The highest BCUT2D eigenvalue weighted by molar-refractivity contribution is 7.92. The third-order valence-corrected chi connectivity index (χ3v) is 6.92. The number of aryl methyl sites for hydroxylation is 2. The number of hydrogen-bond acceptors (Lipinski definition) is 4. The van der Waals surface area contributed by atoms with Gasteiger partial charge >= 0.3 is 0 Å². The highest BCUT2D eigenvalue weighted by Gasteiger charge is 2.20. The summed E-state index contributed by atoms with van der Waals surface area (Å²) in [4.78, 5) is 12.6. The molecule has 6 nitrogen and oxygen atoms in total. The first-order valence-corrected chi connectivity index (χ1v) is 13.8. The van der Waals surface area contributed by atoms with E-state index in [0.29, 0.717) is 24.4 Å². The minimum absolute atomic E-state index is 0.0353. The first kappa shape index (κ1) is 27.3. The molecule has 0 aliphatic heterocycles. The Kier molecular flexibility index (Phi) is 8.46. The van der Waals surface area contributed by atoms with Crippen LogP contribution in [-0.2, 0) is 22.0 Å². The Hall–Kier alpha value is -3.32. The molecule has 3 rings (SSSR count). The number of para-hydroxylation sites is 1. The standard InChI is InChI=1S/C29H36N2O4S/c1-21-17-22(2)19-25(18-21)31(36(6,33)34)20-23-11-13-24(14-12-23)28(32)30-15-16-35-27-10-8-7-9-26(27)29(3,4)5/h7-14,17-19H,15-16,20H2,1-6H3,(H,30,32). The predicted octanol–water partition coefficient (Wildman–Crippen LogP) is 5.38. The molecular formula is C29H36N2O4S. The molecule has 36 heavy (non-hydrogen) atoms. The van der Waals surface area contributed by atoms with E-state index >= 15 is 0 Å². The Morgan fingerprint density at radius 3 is 2.14 bits per heavy atom. The van der Waals surface area contributed by atoms with Gasteiger partial charge in [-0.3, -0.25) is 9.10 Å². The number of carbonyl (C=O) groups excluding carboxylic acids is 1. The number of anilines is 1. The molecule has 0 spiro atoms. The van der Waals surface area contributed by atoms with Crippen LogP contribution in [0.4, 0.5) is 5.69 Å². The summed E-state index contributed by atoms with van der Waals surface area (Å²) in [5.74, 6) is 0.617. The number of amides is 1. The molecule has 3 aromatic rings. The molecule has 1 amide bonds. The molecule has 0 fully saturated rings. The molecule has 0 saturated carbocycles. The van der Waals surface area contributed by atoms with Gasteiger partial charge in [0.1, 0.15) is 12.4 Å². The number of sulfonamides is 1. The maximum absolute atomic E-state index is 12.6. The summed E-state index contributed by atoms with van der Waals surface area (Å²) in [6.07, 6.45) is 1.20. The summed E-state index contributed by atoms with van der Waals surface area (Å²) in [5, 5.41) is 2.88. The quantitative estimate of drug-likeness (QED) is 0.394. The van der Waals surface area contributed by atoms with E-state index in [2.05, 4.69) is 32.2 Å². The van der Waals surface area contributed by atoms with Crippen molar-refractivity contribution in [3.05, 3.63) is 94.5 Å². The van der Waals surface area contributed by atoms with Crippen LogP contribution >= 0.6 is 0 Å². The fraction of sp³-hybridized carbons (Fsp3) is 0.345. The van der Waals surface area contributed by atoms with Gasteiger partial charge in [0.15, 0.2) is 0 Å². The maximum Gasteiger partial charge on any atom is 0.251 e. The van der Waals surface area contributed by atoms with Gasteiger partial charge in [0.2, 0.25) is 10.0 Å². The zero-order valence-electron chi connectivity index (χ0n) is 22.0. The van der Waals surface area contributed by atoms with Crippen LogP contribution in [0.2, 0.25) is 0 Å². The van der Waals surface area contributed by atoms with Crippen molar-refractivity contribution in [3.63, 3.8) is 0 Å². The number of carbonyl (C=O) groups is 1. The fourth-order valence-electron chi connectivity index (χ4n) is 4.06. The van der Waals surface area contributed by atoms with E-state index in [9.17, 15) is 13.2 Å². The third-order valence-electron chi connectivity index (χ3n) is 5.78. The largest absolute Gasteiger partial charge is 0.491 e. The molecule has 7 heteroatoms. The molecule has 0 atom stereocenters. The van der Waals surface area contributed by atoms with E-state index in [1.165, 1.54) is 10.6 Å². The number of rotatable bonds is 9. The predicted molar refractivity (Wildman–Crippen MR) is 146 cm³/mol. The summed E-state index contributed by atoms with van der Waals surface area (Å²) in [7, 11) is -3.49. The zero-order valence-corrected chi connectivity index (χ0v) is 22.8. The van der Waals surface area contributed by atoms with E-state index in [1.54, 1.807) is 24.3 Å². The minimum Gasteiger partial charge on any atom is -0.491 e. The number of ether oxygens (including phenoxy) is 1. The number of nitrogens with one attached hydrogen (secondary N) is 1. The molecule has 0 radical (unpaired) electrons. The van der Waals surface area contributed by atoms with Gasteiger partial charge in [0.05, 0.1) is 25.0 Å². The molecule has 0 aliphatic carbocycles. The molecular weight excluding hydrogens is 472 g/mol. The first-order valence-electron chi connectivity index (χ1n) is 12.0. The second-order valence-corrected chi connectivity index (χ2v) is 12.1. The van der Waals surface area contributed by atoms with E-state index < -0.39 is 10.0 Å². The van der Waals surface area contributed by atoms with Crippen molar-refractivity contribution < 1.29 is 17.9 Å². The normalized spacial score (nSPS) is 11.7. The lowest BCUT2D eigenvalue weighted by atomic mass is 9.86. The van der Waals surface area contributed by atoms with Gasteiger partial charge < -0.3 is 10.1 Å². The molecule has 0 unspecified atom stereocenters. The van der Waals surface area contributed by atoms with Crippen molar-refractivity contribution in [2.45, 2.75) is 46.6 Å². The fourth-order valence-corrected chi connectivity index (χ4v) is 4.93. The van der Waals surface area contributed by atoms with Gasteiger partial charge in [-0.25, -0.2) is 8.42 Å². The average Bonchev–Trinajstić information content (AvgIpc) is 2.78. The van der Waals surface area contributed by atoms with Gasteiger partial charge in [0, 0.05) is 5.56 Å². The van der Waals surface area contributed by atoms with Crippen LogP contribution in [-0.4, -0.2) is 33.7 Å². The van der Waals surface area contributed by atoms with Crippen molar-refractivity contribution >= 4 is 21.6 Å². The average molecular weight is 509 g/mol. The van der Waals surface area contributed by atoms with Gasteiger partial charge in [-0.1, -0.05) is 57.2 Å². The second kappa shape index (κ2) is 11.2. The van der Waals surface area contributed by atoms with Crippen molar-refractivity contribution in [2.24, 2.45) is 0 Å². The van der Waals surface area contributed by atoms with E-state index in [0.717, 1.165) is 28.0 Å². The van der Waals surface area contributed by atoms with Crippen LogP contribution in [0.5, 0.6) is 5.75 Å². The van der Waals surface area contributed by atoms with Crippen molar-refractivity contribution in [3.8, 4) is 5.75 Å². The van der Waals surface area contributed by atoms with Crippen LogP contribution < -0.4 is 14.4 Å². The number of hydrogen-bond donors (Lipinski definition) is 1. The third kappa shape index (κ3) is 7.34. The summed E-state index contributed by atoms with van der Waals surface area (Å²) in [6.45, 7) is 11.2. The van der Waals surface area contributed by atoms with Gasteiger partial charge in [-0.2, -0.15) is 0 Å². The zero-order chi connectivity index (χ0) is 26.5. The van der Waals surface area contributed by atoms with Crippen molar-refractivity contribution in [2.75, 3.05) is 23.7 Å². The minimum atomic E-state index is -3.49. The highest BCUT2D eigenvalue weighted by atomic mass is 32.2. The topological polar surface area (TPSA) is 75.7 Å². The summed E-state index contributed by atoms with van der Waals surface area (Å²) >= 11 is 0. The van der Waals surface area contributed by atoms with E-state index in [-0.39, 0.29) is 17.9 Å². The molecule has 0 saturated heterocycles. The molecule has 0 bridgehead atoms. The maximum atomic E-state index is 12.6. The van der Waals surface area contributed by atoms with Gasteiger partial charge in [0.25, 0.3) is 5.91 Å². The first-order chi connectivity index (χ1) is 16.8. The van der Waals surface area contributed by atoms with Gasteiger partial charge in [-0.15, -0.1) is 0 Å². The molecule has 3 aromatic carbocycles. The van der Waals surface area contributed by atoms with Crippen LogP contribution in [0, 0.1) is 13.8 Å². The van der Waals surface area contributed by atoms with Crippen LogP contribution in [0.25, 0.3) is 0 Å². The molecule has 0 heterocycles. The van der Waals surface area contributed by atoms with E-state index in [1.807, 2.05) is 50.2 Å². The smallest absolute Gasteiger partial charge is 0.251 e. The van der Waals surface area contributed by atoms with E-state index in [4.69, 9.17) is 4.74 Å². The molecule has 1 N–H and O–H groups in total. The lowest BCUT2D eigenvalue weighted by molar-refractivity contribution is 0.0946. The van der Waals surface area contributed by atoms with Crippen molar-refractivity contribution in [1.29, 1.82) is 0 Å². The number of nitrogens with zero attached hydrogens (tertiary/aromatic N) is 1. The Balaban J connectivity index is 1.60. The van der Waals surface area contributed by atoms with Crippen LogP contribution in [0.1, 0.15) is 53.4 Å².